The highest BCUT2D eigenvalue weighted by molar-refractivity contribution is 14.0. The predicted molar refractivity (Wildman–Crippen MR) is 132 cm³/mol. The minimum absolute atomic E-state index is 0. The first-order valence-electron chi connectivity index (χ1n) is 10.0. The molecule has 0 radical (unpaired) electrons. The minimum atomic E-state index is -0.194. The van der Waals surface area contributed by atoms with Crippen molar-refractivity contribution in [3.8, 4) is 0 Å². The molecule has 7 nitrogen and oxygen atoms in total. The Kier molecular flexibility index (Phi) is 11.6. The smallest absolute Gasteiger partial charge is 0.248 e. The summed E-state index contributed by atoms with van der Waals surface area (Å²) in [5.74, 6) is 1.71. The van der Waals surface area contributed by atoms with Crippen LogP contribution in [0.25, 0.3) is 0 Å². The molecule has 2 rings (SSSR count). The minimum Gasteiger partial charge on any atom is -0.371 e. The fourth-order valence-corrected chi connectivity index (χ4v) is 3.11. The Labute approximate surface area is 201 Å². The molecule has 0 spiro atoms. The number of hydrogen-bond acceptors (Lipinski definition) is 5. The number of nitrogens with one attached hydrogen (secondary N) is 2. The molecule has 1 aromatic carbocycles. The van der Waals surface area contributed by atoms with E-state index in [4.69, 9.17) is 20.9 Å². The van der Waals surface area contributed by atoms with Crippen LogP contribution in [-0.2, 0) is 17.7 Å². The fraction of sp³-hybridized carbons (Fsp3) is 0.571. The molecule has 1 heterocycles. The van der Waals surface area contributed by atoms with E-state index in [-0.39, 0.29) is 35.5 Å². The van der Waals surface area contributed by atoms with Crippen molar-refractivity contribution in [2.24, 2.45) is 10.4 Å². The second kappa shape index (κ2) is 13.1. The van der Waals surface area contributed by atoms with Gasteiger partial charge in [-0.2, -0.15) is 4.98 Å². The van der Waals surface area contributed by atoms with Gasteiger partial charge in [0.05, 0.1) is 0 Å². The lowest BCUT2D eigenvalue weighted by Crippen LogP contribution is -2.42. The lowest BCUT2D eigenvalue weighted by Gasteiger charge is -2.26. The number of rotatable bonds is 10. The van der Waals surface area contributed by atoms with Crippen molar-refractivity contribution >= 4 is 41.5 Å². The molecule has 0 aliphatic carbocycles. The summed E-state index contributed by atoms with van der Waals surface area (Å²) in [6.07, 6.45) is 0.711. The lowest BCUT2D eigenvalue weighted by atomic mass is 9.86. The van der Waals surface area contributed by atoms with E-state index >= 15 is 0 Å². The molecule has 1 unspecified atom stereocenters. The van der Waals surface area contributed by atoms with Gasteiger partial charge in [-0.25, -0.2) is 4.99 Å². The topological polar surface area (TPSA) is 84.6 Å². The van der Waals surface area contributed by atoms with Gasteiger partial charge in [0.15, 0.2) is 11.8 Å². The predicted octanol–water partition coefficient (Wildman–Crippen LogP) is 4.76. The van der Waals surface area contributed by atoms with E-state index in [0.29, 0.717) is 30.8 Å². The van der Waals surface area contributed by atoms with Gasteiger partial charge in [-0.3, -0.25) is 0 Å². The molecule has 0 aliphatic heterocycles. The monoisotopic (exact) mass is 549 g/mol. The molecular weight excluding hydrogens is 517 g/mol. The molecule has 168 valence electrons. The summed E-state index contributed by atoms with van der Waals surface area (Å²) in [4.78, 5) is 8.92. The quantitative estimate of drug-likeness (QED) is 0.253. The van der Waals surface area contributed by atoms with E-state index in [1.807, 2.05) is 39.0 Å². The summed E-state index contributed by atoms with van der Waals surface area (Å²) in [6.45, 7) is 12.7. The maximum atomic E-state index is 6.11. The summed E-state index contributed by atoms with van der Waals surface area (Å²) in [6, 6.07) is 7.99. The second-order valence-corrected chi connectivity index (χ2v) is 8.10. The van der Waals surface area contributed by atoms with Crippen molar-refractivity contribution in [1.82, 2.24) is 20.8 Å². The highest BCUT2D eigenvalue weighted by Gasteiger charge is 2.19. The zero-order chi connectivity index (χ0) is 21.3. The highest BCUT2D eigenvalue weighted by atomic mass is 127. The molecule has 0 saturated heterocycles. The SMILES string of the molecule is CCNC(=NCc1nc(C(C)OCC)no1)NCC(C)(C)Cc1cccc(Cl)c1.I. The van der Waals surface area contributed by atoms with Gasteiger partial charge in [-0.1, -0.05) is 42.7 Å². The molecule has 0 saturated carbocycles. The summed E-state index contributed by atoms with van der Waals surface area (Å²) in [7, 11) is 0. The van der Waals surface area contributed by atoms with E-state index in [1.54, 1.807) is 0 Å². The van der Waals surface area contributed by atoms with Crippen LogP contribution in [0.5, 0.6) is 0 Å². The van der Waals surface area contributed by atoms with Crippen LogP contribution in [-0.4, -0.2) is 35.8 Å². The summed E-state index contributed by atoms with van der Waals surface area (Å²) in [5.41, 5.74) is 1.24. The van der Waals surface area contributed by atoms with Gasteiger partial charge in [0.2, 0.25) is 5.89 Å². The third-order valence-electron chi connectivity index (χ3n) is 4.29. The van der Waals surface area contributed by atoms with Crippen molar-refractivity contribution < 1.29 is 9.26 Å². The first kappa shape index (κ1) is 26.6. The van der Waals surface area contributed by atoms with E-state index in [9.17, 15) is 0 Å². The average molecular weight is 550 g/mol. The van der Waals surface area contributed by atoms with Crippen LogP contribution >= 0.6 is 35.6 Å². The van der Waals surface area contributed by atoms with E-state index in [2.05, 4.69) is 45.7 Å². The van der Waals surface area contributed by atoms with Crippen molar-refractivity contribution in [1.29, 1.82) is 0 Å². The van der Waals surface area contributed by atoms with E-state index < -0.39 is 0 Å². The third kappa shape index (κ3) is 9.18. The first-order chi connectivity index (χ1) is 13.8. The maximum Gasteiger partial charge on any atom is 0.248 e. The van der Waals surface area contributed by atoms with Gasteiger partial charge in [-0.05, 0) is 50.3 Å². The Morgan fingerprint density at radius 3 is 2.73 bits per heavy atom. The van der Waals surface area contributed by atoms with Crippen molar-refractivity contribution in [2.75, 3.05) is 19.7 Å². The number of guanidine groups is 1. The number of aromatic nitrogens is 2. The second-order valence-electron chi connectivity index (χ2n) is 7.66. The fourth-order valence-electron chi connectivity index (χ4n) is 2.90. The number of hydrogen-bond donors (Lipinski definition) is 2. The van der Waals surface area contributed by atoms with Gasteiger partial charge < -0.3 is 19.9 Å². The molecule has 0 aliphatic rings. The van der Waals surface area contributed by atoms with E-state index in [1.165, 1.54) is 5.56 Å². The molecule has 2 aromatic rings. The largest absolute Gasteiger partial charge is 0.371 e. The van der Waals surface area contributed by atoms with Crippen molar-refractivity contribution in [2.45, 2.75) is 53.7 Å². The summed E-state index contributed by atoms with van der Waals surface area (Å²) >= 11 is 6.11. The Hall–Kier alpha value is -1.39. The average Bonchev–Trinajstić information content (AvgIpc) is 3.13. The normalized spacial score (nSPS) is 12.9. The number of ether oxygens (including phenoxy) is 1. The van der Waals surface area contributed by atoms with Crippen LogP contribution in [0, 0.1) is 5.41 Å². The van der Waals surface area contributed by atoms with Gasteiger partial charge >= 0.3 is 0 Å². The molecule has 0 bridgehead atoms. The Bertz CT molecular complexity index is 797. The van der Waals surface area contributed by atoms with Gasteiger partial charge in [0.25, 0.3) is 0 Å². The number of halogens is 2. The number of benzene rings is 1. The Morgan fingerprint density at radius 2 is 2.07 bits per heavy atom. The highest BCUT2D eigenvalue weighted by Crippen LogP contribution is 2.22. The van der Waals surface area contributed by atoms with Crippen LogP contribution < -0.4 is 10.6 Å². The van der Waals surface area contributed by atoms with Crippen LogP contribution in [0.1, 0.15) is 58.0 Å². The lowest BCUT2D eigenvalue weighted by molar-refractivity contribution is 0.0683. The standard InChI is InChI=1S/C21H32ClN5O2.HI/c1-6-23-20(24-13-18-26-19(27-29-18)15(3)28-7-2)25-14-21(4,5)12-16-9-8-10-17(22)11-16;/h8-11,15H,6-7,12-14H2,1-5H3,(H2,23,24,25);1H. The van der Waals surface area contributed by atoms with E-state index in [0.717, 1.165) is 24.5 Å². The van der Waals surface area contributed by atoms with Crippen molar-refractivity contribution in [3.05, 3.63) is 46.6 Å². The Balaban J connectivity index is 0.00000450. The third-order valence-corrected chi connectivity index (χ3v) is 4.52. The van der Waals surface area contributed by atoms with Crippen LogP contribution in [0.4, 0.5) is 0 Å². The number of aliphatic imine (C=N–C) groups is 1. The molecular formula is C21H33ClIN5O2. The first-order valence-corrected chi connectivity index (χ1v) is 10.4. The molecule has 0 amide bonds. The maximum absolute atomic E-state index is 6.11. The zero-order valence-corrected chi connectivity index (χ0v) is 21.5. The summed E-state index contributed by atoms with van der Waals surface area (Å²) < 4.78 is 10.8. The van der Waals surface area contributed by atoms with Gasteiger partial charge in [0.1, 0.15) is 12.6 Å². The molecule has 30 heavy (non-hydrogen) atoms. The molecule has 1 atom stereocenters. The molecule has 0 fully saturated rings. The molecule has 9 heteroatoms. The molecule has 1 aromatic heterocycles. The Morgan fingerprint density at radius 1 is 1.30 bits per heavy atom. The van der Waals surface area contributed by atoms with Gasteiger partial charge in [0, 0.05) is 24.7 Å². The van der Waals surface area contributed by atoms with Crippen molar-refractivity contribution in [3.63, 3.8) is 0 Å². The molecule has 2 N–H and O–H groups in total. The van der Waals surface area contributed by atoms with Crippen LogP contribution in [0.15, 0.2) is 33.8 Å². The number of nitrogens with zero attached hydrogens (tertiary/aromatic N) is 3. The van der Waals surface area contributed by atoms with Gasteiger partial charge in [-0.15, -0.1) is 24.0 Å². The summed E-state index contributed by atoms with van der Waals surface area (Å²) in [5, 5.41) is 11.4. The van der Waals surface area contributed by atoms with Crippen LogP contribution in [0.2, 0.25) is 5.02 Å². The zero-order valence-electron chi connectivity index (χ0n) is 18.4. The van der Waals surface area contributed by atoms with Crippen LogP contribution in [0.3, 0.4) is 0 Å².